The van der Waals surface area contributed by atoms with Gasteiger partial charge < -0.3 is 20.3 Å². The van der Waals surface area contributed by atoms with Gasteiger partial charge in [-0.25, -0.2) is 0 Å². The molecule has 18 heavy (non-hydrogen) atoms. The summed E-state index contributed by atoms with van der Waals surface area (Å²) in [6.07, 6.45) is 2.52. The Balaban J connectivity index is 1.94. The first-order valence-corrected chi connectivity index (χ1v) is 6.19. The van der Waals surface area contributed by atoms with Crippen molar-refractivity contribution in [1.29, 1.82) is 0 Å². The minimum Gasteiger partial charge on any atom is -0.396 e. The van der Waals surface area contributed by atoms with Crippen LogP contribution in [0.2, 0.25) is 0 Å². The minimum absolute atomic E-state index is 0.0327. The van der Waals surface area contributed by atoms with E-state index < -0.39 is 0 Å². The highest BCUT2D eigenvalue weighted by molar-refractivity contribution is 5.90. The minimum atomic E-state index is -0.371. The van der Waals surface area contributed by atoms with E-state index in [0.29, 0.717) is 12.3 Å². The molecule has 1 amide bonds. The molecule has 7 heteroatoms. The van der Waals surface area contributed by atoms with Crippen LogP contribution in [0.5, 0.6) is 0 Å². The molecule has 2 rings (SSSR count). The van der Waals surface area contributed by atoms with Crippen LogP contribution in [0.15, 0.2) is 4.52 Å². The van der Waals surface area contributed by atoms with Crippen LogP contribution in [-0.2, 0) is 0 Å². The molecule has 3 N–H and O–H groups in total. The molecule has 2 heterocycles. The van der Waals surface area contributed by atoms with Gasteiger partial charge in [-0.05, 0) is 32.7 Å². The first kappa shape index (κ1) is 13.0. The van der Waals surface area contributed by atoms with Gasteiger partial charge >= 0.3 is 0 Å². The van der Waals surface area contributed by atoms with Crippen LogP contribution in [0.25, 0.3) is 0 Å². The Hall–Kier alpha value is -1.47. The molecule has 2 unspecified atom stereocenters. The van der Waals surface area contributed by atoms with E-state index >= 15 is 0 Å². The van der Waals surface area contributed by atoms with E-state index in [-0.39, 0.29) is 30.4 Å². The van der Waals surface area contributed by atoms with Gasteiger partial charge in [0.05, 0.1) is 6.04 Å². The highest BCUT2D eigenvalue weighted by atomic mass is 16.5. The van der Waals surface area contributed by atoms with Gasteiger partial charge in [0, 0.05) is 12.6 Å². The summed E-state index contributed by atoms with van der Waals surface area (Å²) in [6.45, 7) is 2.78. The third-order valence-corrected chi connectivity index (χ3v) is 2.94. The van der Waals surface area contributed by atoms with Crippen molar-refractivity contribution >= 4 is 5.91 Å². The monoisotopic (exact) mass is 254 g/mol. The molecule has 1 fully saturated rings. The fourth-order valence-electron chi connectivity index (χ4n) is 1.92. The number of carbonyl (C=O) groups is 1. The van der Waals surface area contributed by atoms with Crippen LogP contribution in [-0.4, -0.2) is 40.3 Å². The fourth-order valence-corrected chi connectivity index (χ4v) is 1.92. The Kier molecular flexibility index (Phi) is 4.27. The van der Waals surface area contributed by atoms with E-state index in [1.807, 2.05) is 6.92 Å². The van der Waals surface area contributed by atoms with E-state index in [9.17, 15) is 4.79 Å². The van der Waals surface area contributed by atoms with E-state index in [4.69, 9.17) is 9.63 Å². The summed E-state index contributed by atoms with van der Waals surface area (Å²) < 4.78 is 5.08. The Morgan fingerprint density at radius 1 is 1.72 bits per heavy atom. The van der Waals surface area contributed by atoms with Crippen molar-refractivity contribution in [2.45, 2.75) is 38.3 Å². The van der Waals surface area contributed by atoms with Gasteiger partial charge in [0.15, 0.2) is 0 Å². The van der Waals surface area contributed by atoms with Crippen LogP contribution < -0.4 is 10.6 Å². The smallest absolute Gasteiger partial charge is 0.292 e. The van der Waals surface area contributed by atoms with Gasteiger partial charge in [-0.3, -0.25) is 4.79 Å². The SMILES string of the molecule is CC(CCO)NC(=O)c1noc(C2CCCN2)n1. The average Bonchev–Trinajstić information content (AvgIpc) is 3.00. The maximum Gasteiger partial charge on any atom is 0.292 e. The third kappa shape index (κ3) is 3.05. The number of nitrogens with one attached hydrogen (secondary N) is 2. The maximum atomic E-state index is 11.8. The van der Waals surface area contributed by atoms with Gasteiger partial charge in [-0.15, -0.1) is 0 Å². The van der Waals surface area contributed by atoms with Gasteiger partial charge in [-0.1, -0.05) is 5.16 Å². The zero-order valence-electron chi connectivity index (χ0n) is 10.3. The van der Waals surface area contributed by atoms with E-state index in [1.54, 1.807) is 0 Å². The van der Waals surface area contributed by atoms with Crippen molar-refractivity contribution in [2.24, 2.45) is 0 Å². The first-order valence-electron chi connectivity index (χ1n) is 6.19. The quantitative estimate of drug-likeness (QED) is 0.683. The maximum absolute atomic E-state index is 11.8. The zero-order valence-corrected chi connectivity index (χ0v) is 10.3. The lowest BCUT2D eigenvalue weighted by Gasteiger charge is -2.09. The lowest BCUT2D eigenvalue weighted by Crippen LogP contribution is -2.33. The van der Waals surface area contributed by atoms with Crippen molar-refractivity contribution in [3.8, 4) is 0 Å². The lowest BCUT2D eigenvalue weighted by atomic mass is 10.2. The van der Waals surface area contributed by atoms with E-state index in [1.165, 1.54) is 0 Å². The summed E-state index contributed by atoms with van der Waals surface area (Å²) >= 11 is 0. The molecule has 0 spiro atoms. The molecule has 0 saturated carbocycles. The summed E-state index contributed by atoms with van der Waals surface area (Å²) in [7, 11) is 0. The molecule has 0 bridgehead atoms. The third-order valence-electron chi connectivity index (χ3n) is 2.94. The largest absolute Gasteiger partial charge is 0.396 e. The lowest BCUT2D eigenvalue weighted by molar-refractivity contribution is 0.0921. The molecule has 0 aromatic carbocycles. The molecule has 100 valence electrons. The van der Waals surface area contributed by atoms with Crippen molar-refractivity contribution in [3.63, 3.8) is 0 Å². The first-order chi connectivity index (χ1) is 8.70. The molecule has 1 saturated heterocycles. The fraction of sp³-hybridized carbons (Fsp3) is 0.727. The molecule has 1 aliphatic heterocycles. The van der Waals surface area contributed by atoms with Gasteiger partial charge in [-0.2, -0.15) is 4.98 Å². The van der Waals surface area contributed by atoms with E-state index in [2.05, 4.69) is 20.8 Å². The molecule has 0 aliphatic carbocycles. The summed E-state index contributed by atoms with van der Waals surface area (Å²) in [5.74, 6) is 0.139. The number of amides is 1. The van der Waals surface area contributed by atoms with Gasteiger partial charge in [0.2, 0.25) is 5.89 Å². The van der Waals surface area contributed by atoms with Crippen LogP contribution >= 0.6 is 0 Å². The Bertz CT molecular complexity index is 401. The number of hydrogen-bond donors (Lipinski definition) is 3. The zero-order chi connectivity index (χ0) is 13.0. The predicted octanol–water partition coefficient (Wildman–Crippen LogP) is -0.00520. The van der Waals surface area contributed by atoms with Crippen molar-refractivity contribution < 1.29 is 14.4 Å². The average molecular weight is 254 g/mol. The Morgan fingerprint density at radius 3 is 3.22 bits per heavy atom. The van der Waals surface area contributed by atoms with Gasteiger partial charge in [0.1, 0.15) is 0 Å². The topological polar surface area (TPSA) is 100 Å². The van der Waals surface area contributed by atoms with Gasteiger partial charge in [0.25, 0.3) is 11.7 Å². The number of aromatic nitrogens is 2. The molecule has 1 aliphatic rings. The van der Waals surface area contributed by atoms with Crippen molar-refractivity contribution in [2.75, 3.05) is 13.2 Å². The molecule has 1 aromatic heterocycles. The highest BCUT2D eigenvalue weighted by Crippen LogP contribution is 2.20. The molecule has 7 nitrogen and oxygen atoms in total. The molecule has 2 atom stereocenters. The second-order valence-electron chi connectivity index (χ2n) is 4.49. The number of aliphatic hydroxyl groups excluding tert-OH is 1. The second-order valence-corrected chi connectivity index (χ2v) is 4.49. The van der Waals surface area contributed by atoms with Crippen molar-refractivity contribution in [1.82, 2.24) is 20.8 Å². The second kappa shape index (κ2) is 5.92. The normalized spacial score (nSPS) is 20.9. The molecule has 1 aromatic rings. The number of rotatable bonds is 5. The number of nitrogens with zero attached hydrogens (tertiary/aromatic N) is 2. The predicted molar refractivity (Wildman–Crippen MR) is 62.9 cm³/mol. The van der Waals surface area contributed by atoms with Crippen LogP contribution in [0.3, 0.4) is 0 Å². The summed E-state index contributed by atoms with van der Waals surface area (Å²) in [6, 6.07) is -0.0528. The molecular formula is C11H18N4O3. The summed E-state index contributed by atoms with van der Waals surface area (Å²) in [5, 5.41) is 18.4. The van der Waals surface area contributed by atoms with Crippen LogP contribution in [0, 0.1) is 0 Å². The standard InChI is InChI=1S/C11H18N4O3/c1-7(4-6-16)13-10(17)9-14-11(18-15-9)8-3-2-5-12-8/h7-8,12,16H,2-6H2,1H3,(H,13,17). The Labute approximate surface area is 105 Å². The highest BCUT2D eigenvalue weighted by Gasteiger charge is 2.24. The molecular weight excluding hydrogens is 236 g/mol. The molecule has 0 radical (unpaired) electrons. The van der Waals surface area contributed by atoms with Crippen LogP contribution in [0.1, 0.15) is 48.7 Å². The summed E-state index contributed by atoms with van der Waals surface area (Å²) in [4.78, 5) is 15.9. The van der Waals surface area contributed by atoms with Crippen LogP contribution in [0.4, 0.5) is 0 Å². The Morgan fingerprint density at radius 2 is 2.56 bits per heavy atom. The number of aliphatic hydroxyl groups is 1. The summed E-state index contributed by atoms with van der Waals surface area (Å²) in [5.41, 5.74) is 0. The number of hydrogen-bond acceptors (Lipinski definition) is 6. The number of carbonyl (C=O) groups excluding carboxylic acids is 1. The van der Waals surface area contributed by atoms with E-state index in [0.717, 1.165) is 19.4 Å². The van der Waals surface area contributed by atoms with Crippen molar-refractivity contribution in [3.05, 3.63) is 11.7 Å².